The van der Waals surface area contributed by atoms with E-state index in [4.69, 9.17) is 5.11 Å². The summed E-state index contributed by atoms with van der Waals surface area (Å²) in [7, 11) is 0. The minimum Gasteiger partial charge on any atom is -0.390 e. The Morgan fingerprint density at radius 2 is 2.46 bits per heavy atom. The third-order valence-electron chi connectivity index (χ3n) is 1.31. The number of aromatic nitrogens is 2. The highest BCUT2D eigenvalue weighted by Gasteiger charge is 2.11. The van der Waals surface area contributed by atoms with Crippen LogP contribution < -0.4 is 0 Å². The number of hydrogen-bond acceptors (Lipinski definition) is 4. The molecular formula is C7H7N3O3. The van der Waals surface area contributed by atoms with Crippen LogP contribution in [0.1, 0.15) is 0 Å². The van der Waals surface area contributed by atoms with Gasteiger partial charge in [-0.15, -0.1) is 0 Å². The van der Waals surface area contributed by atoms with Crippen LogP contribution in [-0.2, 0) is 6.54 Å². The summed E-state index contributed by atoms with van der Waals surface area (Å²) in [5.74, 6) is 4.69. The highest BCUT2D eigenvalue weighted by atomic mass is 16.6. The zero-order valence-electron chi connectivity index (χ0n) is 6.67. The van der Waals surface area contributed by atoms with E-state index in [2.05, 4.69) is 16.8 Å². The minimum atomic E-state index is -0.583. The maximum atomic E-state index is 10.3. The Bertz CT molecular complexity index is 361. The summed E-state index contributed by atoms with van der Waals surface area (Å²) in [5.41, 5.74) is 0. The van der Waals surface area contributed by atoms with Gasteiger partial charge in [-0.3, -0.25) is 0 Å². The van der Waals surface area contributed by atoms with E-state index in [-0.39, 0.29) is 19.1 Å². The molecule has 0 bridgehead atoms. The lowest BCUT2D eigenvalue weighted by Gasteiger charge is -1.94. The zero-order chi connectivity index (χ0) is 9.68. The van der Waals surface area contributed by atoms with E-state index < -0.39 is 4.92 Å². The normalized spacial score (nSPS) is 9.00. The second-order valence-corrected chi connectivity index (χ2v) is 2.12. The number of hydrogen-bond donors (Lipinski definition) is 1. The molecule has 0 spiro atoms. The fourth-order valence-corrected chi connectivity index (χ4v) is 0.794. The topological polar surface area (TPSA) is 81.2 Å². The van der Waals surface area contributed by atoms with Crippen molar-refractivity contribution in [3.05, 3.63) is 22.5 Å². The number of nitrogens with zero attached hydrogens (tertiary/aromatic N) is 3. The molecular weight excluding hydrogens is 174 g/mol. The lowest BCUT2D eigenvalue weighted by molar-refractivity contribution is -0.396. The molecule has 0 atom stereocenters. The SMILES string of the molecule is O=[N+]([O-])c1nccn1CC#CCO. The van der Waals surface area contributed by atoms with E-state index in [0.29, 0.717) is 0 Å². The third kappa shape index (κ3) is 2.28. The van der Waals surface area contributed by atoms with Gasteiger partial charge in [0, 0.05) is 0 Å². The zero-order valence-corrected chi connectivity index (χ0v) is 6.67. The molecule has 1 aromatic heterocycles. The molecule has 0 fully saturated rings. The van der Waals surface area contributed by atoms with Gasteiger partial charge in [0.25, 0.3) is 0 Å². The molecule has 1 heterocycles. The van der Waals surface area contributed by atoms with Crippen molar-refractivity contribution in [2.45, 2.75) is 6.54 Å². The highest BCUT2D eigenvalue weighted by molar-refractivity contribution is 5.10. The van der Waals surface area contributed by atoms with E-state index in [1.165, 1.54) is 17.0 Å². The molecule has 6 nitrogen and oxygen atoms in total. The summed E-state index contributed by atoms with van der Waals surface area (Å²) in [4.78, 5) is 13.3. The van der Waals surface area contributed by atoms with Crippen molar-refractivity contribution in [1.29, 1.82) is 0 Å². The Morgan fingerprint density at radius 3 is 3.08 bits per heavy atom. The summed E-state index contributed by atoms with van der Waals surface area (Å²) in [6.45, 7) is -0.0840. The van der Waals surface area contributed by atoms with Gasteiger partial charge in [-0.25, -0.2) is 4.57 Å². The number of aliphatic hydroxyl groups is 1. The van der Waals surface area contributed by atoms with Crippen LogP contribution in [0.15, 0.2) is 12.4 Å². The van der Waals surface area contributed by atoms with Gasteiger partial charge in [-0.2, -0.15) is 0 Å². The van der Waals surface area contributed by atoms with Crippen LogP contribution in [0.2, 0.25) is 0 Å². The summed E-state index contributed by atoms with van der Waals surface area (Å²) in [6.07, 6.45) is 2.79. The maximum absolute atomic E-state index is 10.3. The smallest absolute Gasteiger partial charge is 0.390 e. The molecule has 1 rings (SSSR count). The molecule has 0 saturated heterocycles. The van der Waals surface area contributed by atoms with E-state index in [0.717, 1.165) is 0 Å². The second kappa shape index (κ2) is 4.23. The Balaban J connectivity index is 2.76. The van der Waals surface area contributed by atoms with Gasteiger partial charge in [0.2, 0.25) is 0 Å². The molecule has 0 amide bonds. The molecule has 1 N–H and O–H groups in total. The summed E-state index contributed by atoms with van der Waals surface area (Å²) >= 11 is 0. The summed E-state index contributed by atoms with van der Waals surface area (Å²) in [5, 5.41) is 18.7. The van der Waals surface area contributed by atoms with Gasteiger partial charge in [0.15, 0.2) is 0 Å². The third-order valence-corrected chi connectivity index (χ3v) is 1.31. The van der Waals surface area contributed by atoms with Crippen molar-refractivity contribution in [2.24, 2.45) is 0 Å². The Hall–Kier alpha value is -1.87. The van der Waals surface area contributed by atoms with Crippen molar-refractivity contribution in [2.75, 3.05) is 6.61 Å². The number of nitro groups is 1. The summed E-state index contributed by atoms with van der Waals surface area (Å²) in [6, 6.07) is 0. The van der Waals surface area contributed by atoms with Crippen LogP contribution in [0.3, 0.4) is 0 Å². The Labute approximate surface area is 74.0 Å². The van der Waals surface area contributed by atoms with Crippen LogP contribution in [0, 0.1) is 22.0 Å². The lowest BCUT2D eigenvalue weighted by Crippen LogP contribution is -2.01. The molecule has 68 valence electrons. The van der Waals surface area contributed by atoms with E-state index in [1.807, 2.05) is 0 Å². The lowest BCUT2D eigenvalue weighted by atomic mass is 10.5. The number of aliphatic hydroxyl groups excluding tert-OH is 1. The van der Waals surface area contributed by atoms with Crippen molar-refractivity contribution in [3.8, 4) is 11.8 Å². The molecule has 1 aromatic rings. The first-order valence-corrected chi connectivity index (χ1v) is 3.48. The monoisotopic (exact) mass is 181 g/mol. The predicted molar refractivity (Wildman–Crippen MR) is 43.7 cm³/mol. The van der Waals surface area contributed by atoms with Gasteiger partial charge in [0.1, 0.15) is 25.5 Å². The van der Waals surface area contributed by atoms with Gasteiger partial charge >= 0.3 is 5.95 Å². The van der Waals surface area contributed by atoms with Crippen LogP contribution in [-0.4, -0.2) is 26.2 Å². The van der Waals surface area contributed by atoms with Crippen molar-refractivity contribution >= 4 is 5.95 Å². The first-order valence-electron chi connectivity index (χ1n) is 3.48. The number of rotatable bonds is 2. The molecule has 0 radical (unpaired) electrons. The van der Waals surface area contributed by atoms with Gasteiger partial charge in [-0.05, 0) is 4.92 Å². The predicted octanol–water partition coefficient (Wildman–Crippen LogP) is -0.213. The second-order valence-electron chi connectivity index (χ2n) is 2.12. The average molecular weight is 181 g/mol. The molecule has 0 aromatic carbocycles. The first kappa shape index (κ1) is 9.22. The highest BCUT2D eigenvalue weighted by Crippen LogP contribution is 2.05. The van der Waals surface area contributed by atoms with E-state index in [1.54, 1.807) is 0 Å². The van der Waals surface area contributed by atoms with Gasteiger partial charge < -0.3 is 15.2 Å². The van der Waals surface area contributed by atoms with Crippen LogP contribution >= 0.6 is 0 Å². The van der Waals surface area contributed by atoms with Crippen LogP contribution in [0.4, 0.5) is 5.95 Å². The largest absolute Gasteiger partial charge is 0.435 e. The number of imidazole rings is 1. The molecule has 6 heteroatoms. The molecule has 13 heavy (non-hydrogen) atoms. The Kier molecular flexibility index (Phi) is 3.00. The van der Waals surface area contributed by atoms with Crippen LogP contribution in [0.25, 0.3) is 0 Å². The van der Waals surface area contributed by atoms with E-state index in [9.17, 15) is 10.1 Å². The van der Waals surface area contributed by atoms with Crippen molar-refractivity contribution in [3.63, 3.8) is 0 Å². The molecule has 0 unspecified atom stereocenters. The average Bonchev–Trinajstić information content (AvgIpc) is 2.53. The minimum absolute atomic E-state index is 0.164. The fourth-order valence-electron chi connectivity index (χ4n) is 0.794. The molecule has 0 aliphatic heterocycles. The Morgan fingerprint density at radius 1 is 1.69 bits per heavy atom. The van der Waals surface area contributed by atoms with Crippen molar-refractivity contribution in [1.82, 2.24) is 9.55 Å². The molecule has 0 saturated carbocycles. The van der Waals surface area contributed by atoms with Gasteiger partial charge in [-0.1, -0.05) is 16.8 Å². The van der Waals surface area contributed by atoms with Crippen molar-refractivity contribution < 1.29 is 10.0 Å². The quantitative estimate of drug-likeness (QED) is 0.388. The first-order chi connectivity index (χ1) is 6.25. The fraction of sp³-hybridized carbons (Fsp3) is 0.286. The van der Waals surface area contributed by atoms with E-state index >= 15 is 0 Å². The van der Waals surface area contributed by atoms with Gasteiger partial charge in [0.05, 0.1) is 0 Å². The summed E-state index contributed by atoms with van der Waals surface area (Å²) < 4.78 is 1.29. The molecule has 0 aliphatic rings. The van der Waals surface area contributed by atoms with Crippen LogP contribution in [0.5, 0.6) is 0 Å². The maximum Gasteiger partial charge on any atom is 0.435 e. The standard InChI is InChI=1S/C7H7N3O3/c11-6-2-1-4-9-5-3-8-7(9)10(12)13/h3,5,11H,4,6H2. The molecule has 0 aliphatic carbocycles.